The number of nitrogens with zero attached hydrogens (tertiary/aromatic N) is 1. The van der Waals surface area contributed by atoms with Crippen molar-refractivity contribution in [2.24, 2.45) is 0 Å². The molecule has 1 aromatic rings. The van der Waals surface area contributed by atoms with Crippen LogP contribution in [-0.4, -0.2) is 57.3 Å². The molecule has 0 spiro atoms. The summed E-state index contributed by atoms with van der Waals surface area (Å²) in [5.41, 5.74) is -1.52. The number of hydrogen-bond donors (Lipinski definition) is 8. The van der Waals surface area contributed by atoms with E-state index >= 15 is 0 Å². The first-order chi connectivity index (χ1) is 8.29. The molecule has 0 bridgehead atoms. The summed E-state index contributed by atoms with van der Waals surface area (Å²) in [6.45, 7) is 0. The first-order valence-electron chi connectivity index (χ1n) is 4.57. The van der Waals surface area contributed by atoms with Gasteiger partial charge in [0.05, 0.1) is 5.56 Å². The van der Waals surface area contributed by atoms with Gasteiger partial charge in [-0.2, -0.15) is 0 Å². The third kappa shape index (κ3) is 1.68. The Morgan fingerprint density at radius 2 is 1.32 bits per heavy atom. The number of aliphatic hydroxyl groups excluding tert-OH is 3. The van der Waals surface area contributed by atoms with Crippen LogP contribution in [-0.2, 0) is 0 Å². The van der Waals surface area contributed by atoms with E-state index in [0.29, 0.717) is 0 Å². The zero-order chi connectivity index (χ0) is 13.8. The number of aliphatic hydroxyl groups is 3. The Hall–Kier alpha value is -2.35. The summed E-state index contributed by atoms with van der Waals surface area (Å²) in [7, 11) is 0. The van der Waals surface area contributed by atoms with Crippen LogP contribution in [0.4, 0.5) is 5.69 Å². The number of aromatic hydroxyl groups is 4. The molecule has 102 valence electrons. The van der Waals surface area contributed by atoms with Gasteiger partial charge in [0.2, 0.25) is 17.7 Å². The molecular weight excluding hydrogens is 259 g/mol. The first-order valence-corrected chi connectivity index (χ1v) is 4.57. The van der Waals surface area contributed by atoms with E-state index in [4.69, 9.17) is 0 Å². The second kappa shape index (κ2) is 4.39. The number of phenolic OH excluding ortho intramolecular Hbond substituents is 4. The predicted octanol–water partition coefficient (Wildman–Crippen LogP) is -0.335. The zero-order valence-corrected chi connectivity index (χ0v) is 9.31. The van der Waals surface area contributed by atoms with E-state index in [9.17, 15) is 41.0 Å². The molecule has 1 aliphatic rings. The molecule has 1 aliphatic heterocycles. The molecule has 1 atom stereocenters. The molecule has 0 fully saturated rings. The second-order valence-corrected chi connectivity index (χ2v) is 3.57. The number of hydroxylamine groups is 1. The Kier molecular flexibility index (Phi) is 3.40. The van der Waals surface area contributed by atoms with Crippen molar-refractivity contribution >= 4 is 21.6 Å². The summed E-state index contributed by atoms with van der Waals surface area (Å²) in [6, 6.07) is 0. The summed E-state index contributed by atoms with van der Waals surface area (Å²) >= 11 is 0. The summed E-state index contributed by atoms with van der Waals surface area (Å²) in [5.74, 6) is -6.67. The average molecular weight is 270 g/mol. The fraction of sp³-hybridized carbons (Fsp3) is 0.111. The second-order valence-electron chi connectivity index (χ2n) is 3.57. The molecule has 10 heteroatoms. The van der Waals surface area contributed by atoms with Crippen LogP contribution in [0.3, 0.4) is 0 Å². The largest absolute Gasteiger partial charge is 2.00 e. The van der Waals surface area contributed by atoms with Crippen molar-refractivity contribution in [3.05, 3.63) is 11.3 Å². The van der Waals surface area contributed by atoms with Crippen LogP contribution in [0.1, 0.15) is 8.42 Å². The smallest absolute Gasteiger partial charge is 1.00 e. The zero-order valence-electron chi connectivity index (χ0n) is 11.3. The quantitative estimate of drug-likeness (QED) is 0.179. The van der Waals surface area contributed by atoms with Gasteiger partial charge in [0.25, 0.3) is 0 Å². The van der Waals surface area contributed by atoms with Crippen LogP contribution >= 0.6 is 0 Å². The molecule has 0 saturated heterocycles. The number of rotatable bonds is 0. The number of anilines is 1. The Labute approximate surface area is 112 Å². The fourth-order valence-electron chi connectivity index (χ4n) is 1.62. The van der Waals surface area contributed by atoms with E-state index in [1.165, 1.54) is 0 Å². The van der Waals surface area contributed by atoms with Crippen LogP contribution < -0.4 is 5.06 Å². The third-order valence-electron chi connectivity index (χ3n) is 2.56. The van der Waals surface area contributed by atoms with E-state index in [2.05, 4.69) is 0 Å². The maximum absolute atomic E-state index is 9.51. The Morgan fingerprint density at radius 3 is 1.84 bits per heavy atom. The molecule has 1 aromatic carbocycles. The fourth-order valence-corrected chi connectivity index (χ4v) is 1.62. The van der Waals surface area contributed by atoms with Gasteiger partial charge in [0.1, 0.15) is 5.69 Å². The van der Waals surface area contributed by atoms with Crippen molar-refractivity contribution in [2.45, 2.75) is 6.23 Å². The molecule has 8 N–H and O–H groups in total. The molecular formula is C9H11BeNO8. The molecule has 0 radical (unpaired) electrons. The molecule has 0 amide bonds. The number of fused-ring (bicyclic) bond motifs is 1. The standard InChI is InChI=1S/C9H9NO8.Be.2H/c11-3-1-2(5(13)7(15)6(3)14)10(18)9(17)8(16)4(1)12;;;/h9,11-18H;;;/q;+2;2*-1. The Bertz CT molecular complexity index is 582. The van der Waals surface area contributed by atoms with E-state index in [1.54, 1.807) is 0 Å². The van der Waals surface area contributed by atoms with Gasteiger partial charge in [-0.15, -0.1) is 0 Å². The molecule has 0 aromatic heterocycles. The number of benzene rings is 1. The van der Waals surface area contributed by atoms with Crippen molar-refractivity contribution < 1.29 is 43.8 Å². The molecule has 19 heavy (non-hydrogen) atoms. The SMILES string of the molecule is OC1=C(O)C(O)N(O)c2c(O)c(O)c(O)c(O)c21.[Be+2].[H-].[H-]. The van der Waals surface area contributed by atoms with E-state index in [1.807, 2.05) is 0 Å². The van der Waals surface area contributed by atoms with E-state index in [-0.39, 0.29) is 18.0 Å². The van der Waals surface area contributed by atoms with Gasteiger partial charge < -0.3 is 38.6 Å². The Balaban J connectivity index is 0. The van der Waals surface area contributed by atoms with Crippen LogP contribution in [0.15, 0.2) is 5.76 Å². The van der Waals surface area contributed by atoms with Gasteiger partial charge in [-0.25, -0.2) is 5.06 Å². The summed E-state index contributed by atoms with van der Waals surface area (Å²) in [5, 5.41) is 75.0. The first kappa shape index (κ1) is 14.7. The van der Waals surface area contributed by atoms with Gasteiger partial charge in [-0.1, -0.05) is 0 Å². The van der Waals surface area contributed by atoms with Gasteiger partial charge in [-0.3, -0.25) is 5.21 Å². The maximum atomic E-state index is 9.51. The van der Waals surface area contributed by atoms with Crippen LogP contribution in [0, 0.1) is 0 Å². The molecule has 0 saturated carbocycles. The van der Waals surface area contributed by atoms with E-state index < -0.39 is 52.0 Å². The minimum Gasteiger partial charge on any atom is -1.00 e. The molecule has 1 heterocycles. The average Bonchev–Trinajstić information content (AvgIpc) is 2.35. The van der Waals surface area contributed by atoms with E-state index in [0.717, 1.165) is 0 Å². The summed E-state index contributed by atoms with van der Waals surface area (Å²) in [4.78, 5) is 0. The molecule has 1 unspecified atom stereocenters. The molecule has 2 rings (SSSR count). The van der Waals surface area contributed by atoms with Gasteiger partial charge in [-0.05, 0) is 0 Å². The van der Waals surface area contributed by atoms with Crippen molar-refractivity contribution in [1.82, 2.24) is 0 Å². The monoisotopic (exact) mass is 270 g/mol. The maximum Gasteiger partial charge on any atom is 2.00 e. The van der Waals surface area contributed by atoms with Crippen LogP contribution in [0.25, 0.3) is 5.76 Å². The van der Waals surface area contributed by atoms with Crippen molar-refractivity contribution in [3.63, 3.8) is 0 Å². The Morgan fingerprint density at radius 1 is 0.842 bits per heavy atom. The van der Waals surface area contributed by atoms with Gasteiger partial charge in [0, 0.05) is 0 Å². The van der Waals surface area contributed by atoms with Crippen LogP contribution in [0.5, 0.6) is 23.0 Å². The minimum absolute atomic E-state index is 0. The van der Waals surface area contributed by atoms with Crippen LogP contribution in [0.2, 0.25) is 0 Å². The summed E-state index contributed by atoms with van der Waals surface area (Å²) in [6.07, 6.45) is -2.10. The third-order valence-corrected chi connectivity index (χ3v) is 2.56. The number of phenols is 4. The predicted molar refractivity (Wildman–Crippen MR) is 63.5 cm³/mol. The molecule has 0 aliphatic carbocycles. The summed E-state index contributed by atoms with van der Waals surface area (Å²) < 4.78 is 0. The van der Waals surface area contributed by atoms with Crippen molar-refractivity contribution in [1.29, 1.82) is 0 Å². The topological polar surface area (TPSA) is 165 Å². The molecule has 9 nitrogen and oxygen atoms in total. The van der Waals surface area contributed by atoms with Crippen molar-refractivity contribution in [2.75, 3.05) is 5.06 Å². The van der Waals surface area contributed by atoms with Crippen molar-refractivity contribution in [3.8, 4) is 23.0 Å². The van der Waals surface area contributed by atoms with Gasteiger partial charge >= 0.3 is 10.1 Å². The normalized spacial score (nSPS) is 18.0. The van der Waals surface area contributed by atoms with Gasteiger partial charge in [0.15, 0.2) is 23.0 Å². The number of hydrogen-bond acceptors (Lipinski definition) is 9. The minimum atomic E-state index is -2.10.